The first kappa shape index (κ1) is 15.6. The summed E-state index contributed by atoms with van der Waals surface area (Å²) in [5.41, 5.74) is 2.39. The molecule has 0 fully saturated rings. The largest absolute Gasteiger partial charge is 0.497 e. The van der Waals surface area contributed by atoms with Gasteiger partial charge in [-0.2, -0.15) is 0 Å². The lowest BCUT2D eigenvalue weighted by Crippen LogP contribution is -1.87. The van der Waals surface area contributed by atoms with Crippen molar-refractivity contribution in [3.63, 3.8) is 0 Å². The van der Waals surface area contributed by atoms with Crippen molar-refractivity contribution >= 4 is 11.8 Å². The Morgan fingerprint density at radius 3 is 2.52 bits per heavy atom. The van der Waals surface area contributed by atoms with Crippen LogP contribution in [-0.2, 0) is 17.9 Å². The van der Waals surface area contributed by atoms with E-state index in [0.29, 0.717) is 24.0 Å². The normalized spacial score (nSPS) is 10.7. The molecular formula is C18H18N2O2S. The van der Waals surface area contributed by atoms with Crippen LogP contribution in [-0.4, -0.2) is 17.3 Å². The Labute approximate surface area is 139 Å². The number of methoxy groups -OCH3 is 1. The van der Waals surface area contributed by atoms with Crippen LogP contribution in [0.15, 0.2) is 59.0 Å². The highest BCUT2D eigenvalue weighted by Crippen LogP contribution is 2.20. The predicted molar refractivity (Wildman–Crippen MR) is 91.5 cm³/mol. The van der Waals surface area contributed by atoms with Gasteiger partial charge >= 0.3 is 0 Å². The van der Waals surface area contributed by atoms with E-state index >= 15 is 0 Å². The summed E-state index contributed by atoms with van der Waals surface area (Å²) in [4.78, 5) is 0. The molecule has 0 aliphatic rings. The average Bonchev–Trinajstić information content (AvgIpc) is 3.03. The number of aromatic nitrogens is 2. The lowest BCUT2D eigenvalue weighted by atomic mass is 10.2. The maximum atomic E-state index is 5.70. The summed E-state index contributed by atoms with van der Waals surface area (Å²) in [6.07, 6.45) is 0.675. The highest BCUT2D eigenvalue weighted by Gasteiger charge is 2.07. The Hall–Kier alpha value is -2.27. The lowest BCUT2D eigenvalue weighted by molar-refractivity contribution is 0.414. The number of hydrogen-bond acceptors (Lipinski definition) is 5. The van der Waals surface area contributed by atoms with Gasteiger partial charge in [-0.25, -0.2) is 0 Å². The summed E-state index contributed by atoms with van der Waals surface area (Å²) in [5, 5.41) is 8.23. The molecule has 4 nitrogen and oxygen atoms in total. The maximum absolute atomic E-state index is 5.70. The van der Waals surface area contributed by atoms with Gasteiger partial charge in [-0.3, -0.25) is 0 Å². The molecule has 1 aromatic heterocycles. The van der Waals surface area contributed by atoms with Crippen molar-refractivity contribution in [1.29, 1.82) is 0 Å². The molecule has 2 aromatic carbocycles. The average molecular weight is 326 g/mol. The van der Waals surface area contributed by atoms with Crippen LogP contribution in [0.2, 0.25) is 0 Å². The Morgan fingerprint density at radius 1 is 0.913 bits per heavy atom. The Bertz CT molecular complexity index is 744. The molecule has 0 N–H and O–H groups in total. The topological polar surface area (TPSA) is 48.2 Å². The van der Waals surface area contributed by atoms with Crippen LogP contribution in [0.25, 0.3) is 0 Å². The number of nitrogens with zero attached hydrogens (tertiary/aromatic N) is 2. The van der Waals surface area contributed by atoms with Crippen LogP contribution < -0.4 is 4.74 Å². The number of thioether (sulfide) groups is 1. The molecule has 118 valence electrons. The molecule has 0 amide bonds. The second kappa shape index (κ2) is 7.83. The SMILES string of the molecule is COc1cccc(CSCc2nnc(Cc3ccccc3)o2)c1. The summed E-state index contributed by atoms with van der Waals surface area (Å²) in [5.74, 6) is 3.80. The van der Waals surface area contributed by atoms with Crippen molar-refractivity contribution in [3.05, 3.63) is 77.5 Å². The van der Waals surface area contributed by atoms with Crippen LogP contribution >= 0.6 is 11.8 Å². The van der Waals surface area contributed by atoms with Crippen molar-refractivity contribution < 1.29 is 9.15 Å². The smallest absolute Gasteiger partial charge is 0.226 e. The highest BCUT2D eigenvalue weighted by molar-refractivity contribution is 7.97. The van der Waals surface area contributed by atoms with Crippen molar-refractivity contribution in [2.75, 3.05) is 7.11 Å². The minimum atomic E-state index is 0.660. The van der Waals surface area contributed by atoms with Crippen molar-refractivity contribution in [2.24, 2.45) is 0 Å². The summed E-state index contributed by atoms with van der Waals surface area (Å²) in [6.45, 7) is 0. The molecular weight excluding hydrogens is 308 g/mol. The second-order valence-corrected chi connectivity index (χ2v) is 6.08. The maximum Gasteiger partial charge on any atom is 0.226 e. The number of ether oxygens (including phenoxy) is 1. The summed E-state index contributed by atoms with van der Waals surface area (Å²) in [7, 11) is 1.68. The molecule has 0 spiro atoms. The molecule has 23 heavy (non-hydrogen) atoms. The third kappa shape index (κ3) is 4.60. The van der Waals surface area contributed by atoms with Gasteiger partial charge in [0, 0.05) is 5.75 Å². The van der Waals surface area contributed by atoms with Crippen molar-refractivity contribution in [3.8, 4) is 5.75 Å². The third-order valence-corrected chi connectivity index (χ3v) is 4.32. The lowest BCUT2D eigenvalue weighted by Gasteiger charge is -2.03. The number of hydrogen-bond donors (Lipinski definition) is 0. The van der Waals surface area contributed by atoms with Crippen LogP contribution in [0.3, 0.4) is 0 Å². The van der Waals surface area contributed by atoms with Crippen LogP contribution in [0.5, 0.6) is 5.75 Å². The zero-order valence-corrected chi connectivity index (χ0v) is 13.8. The molecule has 1 heterocycles. The zero-order chi connectivity index (χ0) is 15.9. The first-order valence-electron chi connectivity index (χ1n) is 7.39. The van der Waals surface area contributed by atoms with E-state index in [1.807, 2.05) is 36.4 Å². The minimum absolute atomic E-state index is 0.660. The molecule has 0 unspecified atom stereocenters. The van der Waals surface area contributed by atoms with Gasteiger partial charge in [0.05, 0.1) is 19.3 Å². The predicted octanol–water partition coefficient (Wildman–Crippen LogP) is 4.10. The molecule has 5 heteroatoms. The van der Waals surface area contributed by atoms with E-state index in [1.165, 1.54) is 11.1 Å². The van der Waals surface area contributed by atoms with Gasteiger partial charge in [-0.15, -0.1) is 22.0 Å². The van der Waals surface area contributed by atoms with E-state index in [9.17, 15) is 0 Å². The Morgan fingerprint density at radius 2 is 1.70 bits per heavy atom. The molecule has 3 aromatic rings. The fourth-order valence-electron chi connectivity index (χ4n) is 2.21. The fourth-order valence-corrected chi connectivity index (χ4v) is 3.02. The van der Waals surface area contributed by atoms with E-state index in [2.05, 4.69) is 28.4 Å². The minimum Gasteiger partial charge on any atom is -0.497 e. The Balaban J connectivity index is 1.51. The van der Waals surface area contributed by atoms with E-state index in [0.717, 1.165) is 11.5 Å². The summed E-state index contributed by atoms with van der Waals surface area (Å²) in [6, 6.07) is 18.2. The van der Waals surface area contributed by atoms with Crippen LogP contribution in [0.1, 0.15) is 22.9 Å². The standard InChI is InChI=1S/C18H18N2O2S/c1-21-16-9-5-8-15(10-16)12-23-13-18-20-19-17(22-18)11-14-6-3-2-4-7-14/h2-10H,11-13H2,1H3. The zero-order valence-electron chi connectivity index (χ0n) is 12.9. The van der Waals surface area contributed by atoms with Gasteiger partial charge < -0.3 is 9.15 Å². The summed E-state index contributed by atoms with van der Waals surface area (Å²) >= 11 is 1.75. The molecule has 0 radical (unpaired) electrons. The molecule has 0 saturated carbocycles. The molecule has 0 saturated heterocycles. The van der Waals surface area contributed by atoms with Crippen LogP contribution in [0, 0.1) is 0 Å². The number of benzene rings is 2. The third-order valence-electron chi connectivity index (χ3n) is 3.34. The first-order chi connectivity index (χ1) is 11.3. The van der Waals surface area contributed by atoms with Gasteiger partial charge in [0.25, 0.3) is 0 Å². The van der Waals surface area contributed by atoms with Gasteiger partial charge in [-0.1, -0.05) is 42.5 Å². The van der Waals surface area contributed by atoms with E-state index in [1.54, 1.807) is 18.9 Å². The van der Waals surface area contributed by atoms with Crippen molar-refractivity contribution in [1.82, 2.24) is 10.2 Å². The monoisotopic (exact) mass is 326 g/mol. The van der Waals surface area contributed by atoms with Gasteiger partial charge in [0.2, 0.25) is 11.8 Å². The van der Waals surface area contributed by atoms with Crippen LogP contribution in [0.4, 0.5) is 0 Å². The molecule has 0 aliphatic carbocycles. The molecule has 0 bridgehead atoms. The molecule has 0 atom stereocenters. The Kier molecular flexibility index (Phi) is 5.32. The van der Waals surface area contributed by atoms with E-state index < -0.39 is 0 Å². The quantitative estimate of drug-likeness (QED) is 0.654. The van der Waals surface area contributed by atoms with Gasteiger partial charge in [0.1, 0.15) is 5.75 Å². The first-order valence-corrected chi connectivity index (χ1v) is 8.55. The van der Waals surface area contributed by atoms with Crippen molar-refractivity contribution in [2.45, 2.75) is 17.9 Å². The highest BCUT2D eigenvalue weighted by atomic mass is 32.2. The van der Waals surface area contributed by atoms with Gasteiger partial charge in [0.15, 0.2) is 0 Å². The second-order valence-electron chi connectivity index (χ2n) is 5.10. The van der Waals surface area contributed by atoms with Gasteiger partial charge in [-0.05, 0) is 23.3 Å². The summed E-state index contributed by atoms with van der Waals surface area (Å²) < 4.78 is 10.9. The van der Waals surface area contributed by atoms with E-state index in [-0.39, 0.29) is 0 Å². The van der Waals surface area contributed by atoms with E-state index in [4.69, 9.17) is 9.15 Å². The fraction of sp³-hybridized carbons (Fsp3) is 0.222. The molecule has 3 rings (SSSR count). The number of rotatable bonds is 7. The molecule has 0 aliphatic heterocycles.